The molecule has 28 heavy (non-hydrogen) atoms. The molecule has 2 N–H and O–H groups in total. The van der Waals surface area contributed by atoms with Gasteiger partial charge in [-0.3, -0.25) is 0 Å². The molecule has 0 spiro atoms. The average molecular weight is 408 g/mol. The summed E-state index contributed by atoms with van der Waals surface area (Å²) in [6.45, 7) is 2.36. The van der Waals surface area contributed by atoms with Crippen LogP contribution in [0.2, 0.25) is 5.02 Å². The summed E-state index contributed by atoms with van der Waals surface area (Å²) in [4.78, 5) is 0. The third-order valence-corrected chi connectivity index (χ3v) is 4.14. The molecular formula is C19H19ClFN3O4. The molecule has 0 unspecified atom stereocenters. The Bertz CT molecular complexity index is 915. The van der Waals surface area contributed by atoms with Crippen molar-refractivity contribution in [3.05, 3.63) is 64.3 Å². The molecule has 3 aromatic rings. The Kier molecular flexibility index (Phi) is 6.67. The number of ether oxygens (including phenoxy) is 2. The second-order valence-electron chi connectivity index (χ2n) is 5.72. The number of nitrogens with one attached hydrogen (secondary N) is 1. The van der Waals surface area contributed by atoms with Gasteiger partial charge < -0.3 is 24.3 Å². The Morgan fingerprint density at radius 1 is 1.18 bits per heavy atom. The lowest BCUT2D eigenvalue weighted by Crippen LogP contribution is -2.04. The molecule has 0 saturated heterocycles. The van der Waals surface area contributed by atoms with E-state index in [0.29, 0.717) is 29.7 Å². The molecule has 0 aliphatic carbocycles. The van der Waals surface area contributed by atoms with E-state index in [0.717, 1.165) is 5.56 Å². The van der Waals surface area contributed by atoms with Crippen molar-refractivity contribution in [2.75, 3.05) is 11.9 Å². The van der Waals surface area contributed by atoms with Crippen molar-refractivity contribution in [3.8, 4) is 11.5 Å². The van der Waals surface area contributed by atoms with Crippen LogP contribution < -0.4 is 14.8 Å². The first-order valence-electron chi connectivity index (χ1n) is 8.59. The summed E-state index contributed by atoms with van der Waals surface area (Å²) >= 11 is 6.04. The number of aromatic nitrogens is 2. The quantitative estimate of drug-likeness (QED) is 0.555. The van der Waals surface area contributed by atoms with Crippen molar-refractivity contribution in [1.82, 2.24) is 10.2 Å². The van der Waals surface area contributed by atoms with Gasteiger partial charge in [-0.15, -0.1) is 5.10 Å². The number of aliphatic hydroxyl groups is 1. The summed E-state index contributed by atoms with van der Waals surface area (Å²) in [5, 5.41) is 19.6. The highest BCUT2D eigenvalue weighted by atomic mass is 35.5. The van der Waals surface area contributed by atoms with E-state index in [9.17, 15) is 4.39 Å². The molecule has 0 amide bonds. The number of anilines is 1. The van der Waals surface area contributed by atoms with Gasteiger partial charge in [0.15, 0.2) is 11.5 Å². The topological polar surface area (TPSA) is 89.6 Å². The average Bonchev–Trinajstić information content (AvgIpc) is 3.15. The van der Waals surface area contributed by atoms with Gasteiger partial charge in [-0.05, 0) is 36.8 Å². The molecular weight excluding hydrogens is 389 g/mol. The zero-order valence-corrected chi connectivity index (χ0v) is 15.9. The van der Waals surface area contributed by atoms with E-state index >= 15 is 0 Å². The summed E-state index contributed by atoms with van der Waals surface area (Å²) in [7, 11) is 0. The minimum Gasteiger partial charge on any atom is -0.490 e. The maximum Gasteiger partial charge on any atom is 0.315 e. The summed E-state index contributed by atoms with van der Waals surface area (Å²) < 4.78 is 30.5. The SMILES string of the molecule is CCOc1cc(CNc2nnc(CO)o2)ccc1OCc1c(F)cccc1Cl. The Balaban J connectivity index is 1.69. The maximum absolute atomic E-state index is 13.9. The molecule has 9 heteroatoms. The third-order valence-electron chi connectivity index (χ3n) is 3.79. The van der Waals surface area contributed by atoms with Crippen LogP contribution in [0.3, 0.4) is 0 Å². The predicted octanol–water partition coefficient (Wildman–Crippen LogP) is 3.94. The van der Waals surface area contributed by atoms with Crippen LogP contribution in [0.5, 0.6) is 11.5 Å². The van der Waals surface area contributed by atoms with E-state index in [-0.39, 0.29) is 30.7 Å². The zero-order valence-electron chi connectivity index (χ0n) is 15.1. The first kappa shape index (κ1) is 19.9. The smallest absolute Gasteiger partial charge is 0.315 e. The van der Waals surface area contributed by atoms with E-state index in [1.807, 2.05) is 13.0 Å². The fourth-order valence-corrected chi connectivity index (χ4v) is 2.65. The van der Waals surface area contributed by atoms with E-state index in [1.54, 1.807) is 24.3 Å². The van der Waals surface area contributed by atoms with Crippen molar-refractivity contribution >= 4 is 17.6 Å². The Morgan fingerprint density at radius 3 is 2.75 bits per heavy atom. The molecule has 0 aliphatic rings. The molecule has 0 fully saturated rings. The number of nitrogens with zero attached hydrogens (tertiary/aromatic N) is 2. The van der Waals surface area contributed by atoms with Crippen molar-refractivity contribution in [2.24, 2.45) is 0 Å². The lowest BCUT2D eigenvalue weighted by Gasteiger charge is -2.14. The van der Waals surface area contributed by atoms with Crippen molar-refractivity contribution in [3.63, 3.8) is 0 Å². The van der Waals surface area contributed by atoms with Crippen LogP contribution >= 0.6 is 11.6 Å². The van der Waals surface area contributed by atoms with Crippen LogP contribution in [-0.4, -0.2) is 21.9 Å². The van der Waals surface area contributed by atoms with Gasteiger partial charge in [0.05, 0.1) is 11.6 Å². The van der Waals surface area contributed by atoms with Gasteiger partial charge >= 0.3 is 6.01 Å². The van der Waals surface area contributed by atoms with Gasteiger partial charge in [-0.1, -0.05) is 28.8 Å². The third kappa shape index (κ3) is 4.90. The van der Waals surface area contributed by atoms with Crippen molar-refractivity contribution < 1.29 is 23.4 Å². The molecule has 2 aromatic carbocycles. The fourth-order valence-electron chi connectivity index (χ4n) is 2.44. The minimum atomic E-state index is -0.423. The molecule has 0 saturated carbocycles. The summed E-state index contributed by atoms with van der Waals surface area (Å²) in [6, 6.07) is 10.1. The molecule has 0 atom stereocenters. The minimum absolute atomic E-state index is 0.0188. The van der Waals surface area contributed by atoms with Gasteiger partial charge in [-0.25, -0.2) is 4.39 Å². The summed E-state index contributed by atoms with van der Waals surface area (Å²) in [5.41, 5.74) is 1.16. The van der Waals surface area contributed by atoms with Gasteiger partial charge in [0.25, 0.3) is 0 Å². The molecule has 0 bridgehead atoms. The first-order valence-corrected chi connectivity index (χ1v) is 8.97. The highest BCUT2D eigenvalue weighted by Gasteiger charge is 2.12. The molecule has 0 radical (unpaired) electrons. The molecule has 0 aliphatic heterocycles. The van der Waals surface area contributed by atoms with E-state index in [2.05, 4.69) is 15.5 Å². The Labute approximate surface area is 166 Å². The number of rotatable bonds is 9. The summed E-state index contributed by atoms with van der Waals surface area (Å²) in [5.74, 6) is 0.710. The van der Waals surface area contributed by atoms with Crippen LogP contribution in [0.1, 0.15) is 23.9 Å². The van der Waals surface area contributed by atoms with Crippen molar-refractivity contribution in [1.29, 1.82) is 0 Å². The Morgan fingerprint density at radius 2 is 2.04 bits per heavy atom. The predicted molar refractivity (Wildman–Crippen MR) is 101 cm³/mol. The molecule has 3 rings (SSSR count). The second kappa shape index (κ2) is 9.38. The standard InChI is InChI=1S/C19H19ClFN3O4/c1-2-26-17-8-12(9-22-19-24-23-18(10-25)28-19)6-7-16(17)27-11-13-14(20)4-3-5-15(13)21/h3-8,25H,2,9-11H2,1H3,(H,22,24). The van der Waals surface area contributed by atoms with Crippen LogP contribution in [0.15, 0.2) is 40.8 Å². The fraction of sp³-hybridized carbons (Fsp3) is 0.263. The van der Waals surface area contributed by atoms with Gasteiger partial charge in [0, 0.05) is 12.1 Å². The van der Waals surface area contributed by atoms with Crippen LogP contribution in [0.25, 0.3) is 0 Å². The van der Waals surface area contributed by atoms with Crippen molar-refractivity contribution in [2.45, 2.75) is 26.7 Å². The van der Waals surface area contributed by atoms with E-state index in [1.165, 1.54) is 6.07 Å². The lowest BCUT2D eigenvalue weighted by molar-refractivity contribution is 0.241. The van der Waals surface area contributed by atoms with E-state index in [4.69, 9.17) is 30.6 Å². The second-order valence-corrected chi connectivity index (χ2v) is 6.12. The lowest BCUT2D eigenvalue weighted by atomic mass is 10.2. The largest absolute Gasteiger partial charge is 0.490 e. The number of benzene rings is 2. The van der Waals surface area contributed by atoms with Gasteiger partial charge in [0.2, 0.25) is 5.89 Å². The number of hydrogen-bond acceptors (Lipinski definition) is 7. The maximum atomic E-state index is 13.9. The van der Waals surface area contributed by atoms with Crippen LogP contribution in [-0.2, 0) is 19.8 Å². The molecule has 1 heterocycles. The van der Waals surface area contributed by atoms with Gasteiger partial charge in [-0.2, -0.15) is 0 Å². The zero-order chi connectivity index (χ0) is 19.9. The normalized spacial score (nSPS) is 10.7. The Hall–Kier alpha value is -2.84. The number of aliphatic hydroxyl groups excluding tert-OH is 1. The highest BCUT2D eigenvalue weighted by Crippen LogP contribution is 2.30. The molecule has 1 aromatic heterocycles. The van der Waals surface area contributed by atoms with E-state index < -0.39 is 5.82 Å². The van der Waals surface area contributed by atoms with Crippen LogP contribution in [0, 0.1) is 5.82 Å². The first-order chi connectivity index (χ1) is 13.6. The number of hydrogen-bond donors (Lipinski definition) is 2. The number of halogens is 2. The van der Waals surface area contributed by atoms with Crippen LogP contribution in [0.4, 0.5) is 10.4 Å². The highest BCUT2D eigenvalue weighted by molar-refractivity contribution is 6.31. The molecule has 148 valence electrons. The van der Waals surface area contributed by atoms with Gasteiger partial charge in [0.1, 0.15) is 19.0 Å². The summed E-state index contributed by atoms with van der Waals surface area (Å²) in [6.07, 6.45) is 0. The monoisotopic (exact) mass is 407 g/mol. The molecule has 7 nitrogen and oxygen atoms in total.